The molecule has 0 fully saturated rings. The van der Waals surface area contributed by atoms with E-state index in [-0.39, 0.29) is 5.56 Å². The highest BCUT2D eigenvalue weighted by molar-refractivity contribution is 6.04. The van der Waals surface area contributed by atoms with E-state index >= 15 is 0 Å². The number of nitrogens with zero attached hydrogens (tertiary/aromatic N) is 3. The molecule has 4 rings (SSSR count). The third-order valence-corrected chi connectivity index (χ3v) is 5.35. The average molecular weight is 417 g/mol. The number of para-hydroxylation sites is 1. The number of rotatable bonds is 10. The van der Waals surface area contributed by atoms with Crippen LogP contribution in [0, 0.1) is 0 Å². The summed E-state index contributed by atoms with van der Waals surface area (Å²) < 4.78 is 7.12. The molecule has 1 N–H and O–H groups in total. The largest absolute Gasteiger partial charge is 0.494 e. The SMILES string of the molecule is CCCCCCCCOc1cccc(/C=N/n2cnc3c([nH]c4ccccc43)c2=O)c1. The number of nitrogens with one attached hydrogen (secondary N) is 1. The predicted octanol–water partition coefficient (Wildman–Crippen LogP) is 5.50. The molecule has 0 aliphatic heterocycles. The standard InChI is InChI=1S/C25H28N4O2/c1-2-3-4-5-6-9-15-31-20-12-10-11-19(16-20)17-27-29-18-26-23-21-13-7-8-14-22(21)28-24(23)25(29)30/h7-8,10-14,16-18,28H,2-6,9,15H2,1H3/b27-17+. The Morgan fingerprint density at radius 2 is 1.90 bits per heavy atom. The van der Waals surface area contributed by atoms with E-state index in [4.69, 9.17) is 4.74 Å². The molecule has 2 aromatic carbocycles. The van der Waals surface area contributed by atoms with Gasteiger partial charge >= 0.3 is 0 Å². The van der Waals surface area contributed by atoms with Crippen molar-refractivity contribution < 1.29 is 4.74 Å². The third-order valence-electron chi connectivity index (χ3n) is 5.35. The van der Waals surface area contributed by atoms with E-state index in [1.807, 2.05) is 48.5 Å². The highest BCUT2D eigenvalue weighted by Crippen LogP contribution is 2.20. The van der Waals surface area contributed by atoms with Crippen molar-refractivity contribution in [3.8, 4) is 5.75 Å². The molecule has 0 atom stereocenters. The second-order valence-electron chi connectivity index (χ2n) is 7.72. The lowest BCUT2D eigenvalue weighted by Gasteiger charge is -2.06. The van der Waals surface area contributed by atoms with Gasteiger partial charge in [-0.15, -0.1) is 0 Å². The summed E-state index contributed by atoms with van der Waals surface area (Å²) in [6.07, 6.45) is 10.5. The summed E-state index contributed by atoms with van der Waals surface area (Å²) in [5.41, 5.74) is 2.64. The number of ether oxygens (including phenoxy) is 1. The highest BCUT2D eigenvalue weighted by atomic mass is 16.5. The highest BCUT2D eigenvalue weighted by Gasteiger charge is 2.09. The van der Waals surface area contributed by atoms with Crippen molar-refractivity contribution >= 4 is 28.2 Å². The fourth-order valence-electron chi connectivity index (χ4n) is 3.66. The summed E-state index contributed by atoms with van der Waals surface area (Å²) in [7, 11) is 0. The Morgan fingerprint density at radius 3 is 2.81 bits per heavy atom. The molecule has 0 spiro atoms. The molecule has 2 heterocycles. The van der Waals surface area contributed by atoms with Crippen LogP contribution in [0.4, 0.5) is 0 Å². The van der Waals surface area contributed by atoms with E-state index < -0.39 is 0 Å². The van der Waals surface area contributed by atoms with Crippen molar-refractivity contribution in [3.63, 3.8) is 0 Å². The second-order valence-corrected chi connectivity index (χ2v) is 7.72. The molecule has 31 heavy (non-hydrogen) atoms. The van der Waals surface area contributed by atoms with Crippen LogP contribution < -0.4 is 10.3 Å². The number of hydrogen-bond donors (Lipinski definition) is 1. The van der Waals surface area contributed by atoms with Gasteiger partial charge in [-0.3, -0.25) is 4.79 Å². The number of fused-ring (bicyclic) bond motifs is 3. The van der Waals surface area contributed by atoms with E-state index in [9.17, 15) is 4.79 Å². The van der Waals surface area contributed by atoms with Gasteiger partial charge in [-0.25, -0.2) is 4.98 Å². The first-order valence-corrected chi connectivity index (χ1v) is 11.0. The molecular weight excluding hydrogens is 388 g/mol. The Hall–Kier alpha value is -3.41. The smallest absolute Gasteiger partial charge is 0.298 e. The van der Waals surface area contributed by atoms with Crippen molar-refractivity contribution in [1.82, 2.24) is 14.6 Å². The maximum atomic E-state index is 12.8. The number of aromatic nitrogens is 3. The van der Waals surface area contributed by atoms with E-state index in [0.29, 0.717) is 17.6 Å². The quantitative estimate of drug-likeness (QED) is 0.274. The normalized spacial score (nSPS) is 11.6. The molecule has 0 saturated carbocycles. The minimum absolute atomic E-state index is 0.229. The zero-order valence-corrected chi connectivity index (χ0v) is 17.9. The molecule has 0 saturated heterocycles. The van der Waals surface area contributed by atoms with E-state index in [2.05, 4.69) is 22.0 Å². The Balaban J connectivity index is 1.42. The number of aromatic amines is 1. The maximum Gasteiger partial charge on any atom is 0.298 e. The third kappa shape index (κ3) is 5.02. The van der Waals surface area contributed by atoms with Gasteiger partial charge in [0, 0.05) is 10.9 Å². The first kappa shape index (κ1) is 20.8. The first-order valence-electron chi connectivity index (χ1n) is 11.0. The number of hydrogen-bond acceptors (Lipinski definition) is 4. The van der Waals surface area contributed by atoms with Crippen molar-refractivity contribution in [1.29, 1.82) is 0 Å². The average Bonchev–Trinajstić information content (AvgIpc) is 3.18. The van der Waals surface area contributed by atoms with Gasteiger partial charge in [0.1, 0.15) is 23.1 Å². The Labute approximate surface area is 181 Å². The molecule has 160 valence electrons. The van der Waals surface area contributed by atoms with E-state index in [1.165, 1.54) is 43.1 Å². The molecular formula is C25H28N4O2. The fourth-order valence-corrected chi connectivity index (χ4v) is 3.66. The molecule has 0 bridgehead atoms. The van der Waals surface area contributed by atoms with Gasteiger partial charge in [0.05, 0.1) is 12.8 Å². The van der Waals surface area contributed by atoms with Crippen LogP contribution >= 0.6 is 0 Å². The van der Waals surface area contributed by atoms with Crippen molar-refractivity contribution in [3.05, 3.63) is 70.8 Å². The molecule has 6 heteroatoms. The van der Waals surface area contributed by atoms with Crippen LogP contribution in [0.25, 0.3) is 21.9 Å². The van der Waals surface area contributed by atoms with Crippen LogP contribution in [-0.2, 0) is 0 Å². The fraction of sp³-hybridized carbons (Fsp3) is 0.320. The minimum atomic E-state index is -0.229. The monoisotopic (exact) mass is 416 g/mol. The van der Waals surface area contributed by atoms with Crippen LogP contribution in [0.5, 0.6) is 5.75 Å². The van der Waals surface area contributed by atoms with Gasteiger partial charge in [0.2, 0.25) is 0 Å². The summed E-state index contributed by atoms with van der Waals surface area (Å²) in [4.78, 5) is 20.4. The van der Waals surface area contributed by atoms with Crippen molar-refractivity contribution in [2.75, 3.05) is 6.61 Å². The molecule has 0 unspecified atom stereocenters. The lowest BCUT2D eigenvalue weighted by Crippen LogP contribution is -2.17. The summed E-state index contributed by atoms with van der Waals surface area (Å²) in [6, 6.07) is 15.5. The summed E-state index contributed by atoms with van der Waals surface area (Å²) in [5, 5.41) is 5.25. The van der Waals surface area contributed by atoms with Crippen LogP contribution in [0.1, 0.15) is 51.0 Å². The number of unbranched alkanes of at least 4 members (excludes halogenated alkanes) is 5. The van der Waals surface area contributed by atoms with Gasteiger partial charge in [-0.1, -0.05) is 69.4 Å². The number of H-pyrrole nitrogens is 1. The van der Waals surface area contributed by atoms with Crippen LogP contribution in [0.3, 0.4) is 0 Å². The van der Waals surface area contributed by atoms with Gasteiger partial charge in [-0.2, -0.15) is 9.78 Å². The maximum absolute atomic E-state index is 12.8. The topological polar surface area (TPSA) is 72.3 Å². The summed E-state index contributed by atoms with van der Waals surface area (Å²) in [5.74, 6) is 0.814. The number of benzene rings is 2. The molecule has 0 radical (unpaired) electrons. The molecule has 0 amide bonds. The first-order chi connectivity index (χ1) is 15.3. The zero-order valence-electron chi connectivity index (χ0n) is 17.9. The Kier molecular flexibility index (Phi) is 6.77. The molecule has 0 aliphatic rings. The van der Waals surface area contributed by atoms with Crippen molar-refractivity contribution in [2.45, 2.75) is 45.4 Å². The van der Waals surface area contributed by atoms with Crippen LogP contribution in [-0.4, -0.2) is 27.5 Å². The second kappa shape index (κ2) is 10.1. The zero-order chi connectivity index (χ0) is 21.5. The van der Waals surface area contributed by atoms with Gasteiger partial charge in [0.25, 0.3) is 5.56 Å². The van der Waals surface area contributed by atoms with Crippen molar-refractivity contribution in [2.24, 2.45) is 5.10 Å². The summed E-state index contributed by atoms with van der Waals surface area (Å²) in [6.45, 7) is 2.94. The Bertz CT molecular complexity index is 1240. The Morgan fingerprint density at radius 1 is 1.06 bits per heavy atom. The van der Waals surface area contributed by atoms with E-state index in [1.54, 1.807) is 6.21 Å². The van der Waals surface area contributed by atoms with Gasteiger partial charge in [-0.05, 0) is 30.2 Å². The minimum Gasteiger partial charge on any atom is -0.494 e. The molecule has 4 aromatic rings. The van der Waals surface area contributed by atoms with Crippen LogP contribution in [0.15, 0.2) is 64.8 Å². The van der Waals surface area contributed by atoms with Gasteiger partial charge < -0.3 is 9.72 Å². The predicted molar refractivity (Wildman–Crippen MR) is 126 cm³/mol. The van der Waals surface area contributed by atoms with E-state index in [0.717, 1.165) is 28.6 Å². The molecule has 2 aromatic heterocycles. The molecule has 0 aliphatic carbocycles. The molecule has 6 nitrogen and oxygen atoms in total. The lowest BCUT2D eigenvalue weighted by molar-refractivity contribution is 0.304. The summed E-state index contributed by atoms with van der Waals surface area (Å²) >= 11 is 0. The van der Waals surface area contributed by atoms with Crippen LogP contribution in [0.2, 0.25) is 0 Å². The lowest BCUT2D eigenvalue weighted by atomic mass is 10.1. The van der Waals surface area contributed by atoms with Gasteiger partial charge in [0.15, 0.2) is 0 Å².